The van der Waals surface area contributed by atoms with Crippen molar-refractivity contribution in [2.75, 3.05) is 19.7 Å². The molecule has 0 amide bonds. The van der Waals surface area contributed by atoms with Crippen LogP contribution in [0.2, 0.25) is 0 Å². The minimum Gasteiger partial charge on any atom is -0.460 e. The molecule has 2 fully saturated rings. The zero-order valence-electron chi connectivity index (χ0n) is 10.5. The topological polar surface area (TPSA) is 45.5 Å². The Morgan fingerprint density at radius 1 is 1.44 bits per heavy atom. The van der Waals surface area contributed by atoms with Gasteiger partial charge in [-0.15, -0.1) is 0 Å². The minimum absolute atomic E-state index is 0.0948. The van der Waals surface area contributed by atoms with Crippen LogP contribution in [-0.2, 0) is 9.47 Å². The van der Waals surface area contributed by atoms with Gasteiger partial charge in [-0.1, -0.05) is 20.8 Å². The average molecular weight is 226 g/mol. The SMILES string of the molecule is CC(C)(C)C1CN(C[C@H]2CCCO2)C(=N)O1. The molecule has 0 aromatic heterocycles. The summed E-state index contributed by atoms with van der Waals surface area (Å²) in [5, 5.41) is 7.83. The van der Waals surface area contributed by atoms with Crippen molar-refractivity contribution in [2.45, 2.75) is 45.8 Å². The maximum Gasteiger partial charge on any atom is 0.284 e. The van der Waals surface area contributed by atoms with Crippen LogP contribution < -0.4 is 0 Å². The molecule has 4 nitrogen and oxygen atoms in total. The fourth-order valence-corrected chi connectivity index (χ4v) is 2.17. The quantitative estimate of drug-likeness (QED) is 0.781. The van der Waals surface area contributed by atoms with Crippen LogP contribution >= 0.6 is 0 Å². The van der Waals surface area contributed by atoms with Crippen molar-refractivity contribution in [1.82, 2.24) is 4.90 Å². The van der Waals surface area contributed by atoms with Gasteiger partial charge in [0.15, 0.2) is 0 Å². The zero-order valence-corrected chi connectivity index (χ0v) is 10.5. The molecule has 1 N–H and O–H groups in total. The molecular weight excluding hydrogens is 204 g/mol. The number of hydrogen-bond donors (Lipinski definition) is 1. The summed E-state index contributed by atoms with van der Waals surface area (Å²) in [6.45, 7) is 8.96. The molecule has 0 bridgehead atoms. The second-order valence-corrected chi connectivity index (χ2v) is 5.82. The van der Waals surface area contributed by atoms with Crippen LogP contribution in [-0.4, -0.2) is 42.8 Å². The number of nitrogens with one attached hydrogen (secondary N) is 1. The first kappa shape index (κ1) is 11.7. The van der Waals surface area contributed by atoms with Gasteiger partial charge in [0.2, 0.25) is 0 Å². The predicted molar refractivity (Wildman–Crippen MR) is 62.6 cm³/mol. The zero-order chi connectivity index (χ0) is 11.8. The van der Waals surface area contributed by atoms with Gasteiger partial charge in [0.1, 0.15) is 6.10 Å². The Hall–Kier alpha value is -0.770. The summed E-state index contributed by atoms with van der Waals surface area (Å²) >= 11 is 0. The van der Waals surface area contributed by atoms with Gasteiger partial charge in [0.25, 0.3) is 6.02 Å². The summed E-state index contributed by atoms with van der Waals surface area (Å²) in [4.78, 5) is 2.01. The van der Waals surface area contributed by atoms with Crippen molar-refractivity contribution >= 4 is 6.02 Å². The van der Waals surface area contributed by atoms with Crippen LogP contribution in [0.5, 0.6) is 0 Å². The largest absolute Gasteiger partial charge is 0.460 e. The van der Waals surface area contributed by atoms with E-state index in [4.69, 9.17) is 14.9 Å². The van der Waals surface area contributed by atoms with Gasteiger partial charge in [-0.25, -0.2) is 0 Å². The van der Waals surface area contributed by atoms with Gasteiger partial charge in [-0.05, 0) is 12.8 Å². The molecule has 2 heterocycles. The van der Waals surface area contributed by atoms with E-state index in [1.807, 2.05) is 4.90 Å². The third-order valence-electron chi connectivity index (χ3n) is 3.34. The number of rotatable bonds is 2. The Morgan fingerprint density at radius 3 is 2.69 bits per heavy atom. The standard InChI is InChI=1S/C12H22N2O2/c1-12(2,3)10-8-14(11(13)16-10)7-9-5-4-6-15-9/h9-10,13H,4-8H2,1-3H3/t9-,10?/m1/s1. The Morgan fingerprint density at radius 2 is 2.19 bits per heavy atom. The molecule has 0 aromatic carbocycles. The summed E-state index contributed by atoms with van der Waals surface area (Å²) in [7, 11) is 0. The average Bonchev–Trinajstić information content (AvgIpc) is 2.76. The van der Waals surface area contributed by atoms with Gasteiger partial charge in [0.05, 0.1) is 12.6 Å². The van der Waals surface area contributed by atoms with Crippen molar-refractivity contribution in [2.24, 2.45) is 5.41 Å². The Labute approximate surface area is 97.4 Å². The van der Waals surface area contributed by atoms with E-state index in [0.29, 0.717) is 12.1 Å². The van der Waals surface area contributed by atoms with Crippen molar-refractivity contribution in [3.63, 3.8) is 0 Å². The van der Waals surface area contributed by atoms with E-state index in [0.717, 1.165) is 32.5 Å². The third kappa shape index (κ3) is 2.48. The first-order valence-corrected chi connectivity index (χ1v) is 6.08. The van der Waals surface area contributed by atoms with E-state index in [-0.39, 0.29) is 11.5 Å². The summed E-state index contributed by atoms with van der Waals surface area (Å²) < 4.78 is 11.2. The van der Waals surface area contributed by atoms with Gasteiger partial charge in [0, 0.05) is 18.6 Å². The first-order valence-electron chi connectivity index (χ1n) is 6.08. The fraction of sp³-hybridized carbons (Fsp3) is 0.917. The normalized spacial score (nSPS) is 30.9. The Balaban J connectivity index is 1.89. The Kier molecular flexibility index (Phi) is 3.10. The lowest BCUT2D eigenvalue weighted by Gasteiger charge is -2.25. The number of nitrogens with zero attached hydrogens (tertiary/aromatic N) is 1. The second-order valence-electron chi connectivity index (χ2n) is 5.82. The number of ether oxygens (including phenoxy) is 2. The second kappa shape index (κ2) is 4.24. The highest BCUT2D eigenvalue weighted by atomic mass is 16.5. The fourth-order valence-electron chi connectivity index (χ4n) is 2.17. The first-order chi connectivity index (χ1) is 7.47. The summed E-state index contributed by atoms with van der Waals surface area (Å²) in [5.74, 6) is 0. The van der Waals surface area contributed by atoms with Crippen molar-refractivity contribution in [3.8, 4) is 0 Å². The highest BCUT2D eigenvalue weighted by molar-refractivity contribution is 5.72. The minimum atomic E-state index is 0.0948. The number of amidine groups is 1. The predicted octanol–water partition coefficient (Wildman–Crippen LogP) is 1.85. The molecule has 0 radical (unpaired) electrons. The van der Waals surface area contributed by atoms with E-state index in [9.17, 15) is 0 Å². The highest BCUT2D eigenvalue weighted by Gasteiger charge is 2.37. The number of hydrogen-bond acceptors (Lipinski definition) is 3. The van der Waals surface area contributed by atoms with Crippen molar-refractivity contribution in [3.05, 3.63) is 0 Å². The van der Waals surface area contributed by atoms with Crippen LogP contribution in [0.25, 0.3) is 0 Å². The van der Waals surface area contributed by atoms with Gasteiger partial charge < -0.3 is 14.4 Å². The Bertz CT molecular complexity index is 267. The maximum absolute atomic E-state index is 7.83. The molecule has 4 heteroatoms. The molecule has 2 saturated heterocycles. The molecule has 0 aromatic rings. The van der Waals surface area contributed by atoms with Crippen LogP contribution in [0, 0.1) is 10.8 Å². The molecule has 16 heavy (non-hydrogen) atoms. The van der Waals surface area contributed by atoms with Gasteiger partial charge in [-0.2, -0.15) is 0 Å². The van der Waals surface area contributed by atoms with Crippen molar-refractivity contribution < 1.29 is 9.47 Å². The van der Waals surface area contributed by atoms with Crippen LogP contribution in [0.15, 0.2) is 0 Å². The van der Waals surface area contributed by atoms with Crippen LogP contribution in [0.1, 0.15) is 33.6 Å². The van der Waals surface area contributed by atoms with Crippen molar-refractivity contribution in [1.29, 1.82) is 5.41 Å². The van der Waals surface area contributed by atoms with E-state index in [1.54, 1.807) is 0 Å². The van der Waals surface area contributed by atoms with Gasteiger partial charge in [-0.3, -0.25) is 5.41 Å². The molecule has 2 aliphatic heterocycles. The molecule has 2 atom stereocenters. The van der Waals surface area contributed by atoms with Crippen LogP contribution in [0.3, 0.4) is 0 Å². The van der Waals surface area contributed by atoms with E-state index in [2.05, 4.69) is 20.8 Å². The lowest BCUT2D eigenvalue weighted by Crippen LogP contribution is -2.35. The van der Waals surface area contributed by atoms with Gasteiger partial charge >= 0.3 is 0 Å². The molecule has 0 spiro atoms. The molecule has 0 saturated carbocycles. The highest BCUT2D eigenvalue weighted by Crippen LogP contribution is 2.28. The monoisotopic (exact) mass is 226 g/mol. The maximum atomic E-state index is 7.83. The van der Waals surface area contributed by atoms with Crippen LogP contribution in [0.4, 0.5) is 0 Å². The summed E-state index contributed by atoms with van der Waals surface area (Å²) in [5.41, 5.74) is 0.0948. The summed E-state index contributed by atoms with van der Waals surface area (Å²) in [6, 6.07) is 0.315. The smallest absolute Gasteiger partial charge is 0.284 e. The summed E-state index contributed by atoms with van der Waals surface area (Å²) in [6.07, 6.45) is 2.68. The molecular formula is C12H22N2O2. The van der Waals surface area contributed by atoms with E-state index < -0.39 is 0 Å². The lowest BCUT2D eigenvalue weighted by molar-refractivity contribution is 0.0870. The molecule has 1 unspecified atom stereocenters. The molecule has 2 aliphatic rings. The molecule has 2 rings (SSSR count). The van der Waals surface area contributed by atoms with E-state index in [1.165, 1.54) is 0 Å². The molecule has 92 valence electrons. The van der Waals surface area contributed by atoms with E-state index >= 15 is 0 Å². The lowest BCUT2D eigenvalue weighted by atomic mass is 9.89. The molecule has 0 aliphatic carbocycles. The third-order valence-corrected chi connectivity index (χ3v) is 3.34.